The molecule has 9 N–H and O–H groups in total. The van der Waals surface area contributed by atoms with E-state index in [0.29, 0.717) is 31.8 Å². The number of aliphatic imine (C=N–C) groups is 1. The molecule has 1 unspecified atom stereocenters. The molecule has 0 spiro atoms. The minimum atomic E-state index is -0.829. The molecule has 3 aromatic carbocycles. The zero-order valence-electron chi connectivity index (χ0n) is 25.0. The van der Waals surface area contributed by atoms with E-state index in [0.717, 1.165) is 22.3 Å². The third-order valence-electron chi connectivity index (χ3n) is 6.68. The SMILES string of the molecule is C=C(N)NCc1ccc(CNC(=O)C(CCCN=C(N)NC(=O)NCC)NC(=O)C(c2ccccc2)c2ccccc2)cc1. The molecule has 0 fully saturated rings. The highest BCUT2D eigenvalue weighted by atomic mass is 16.2. The number of hydrogen-bond donors (Lipinski definition) is 7. The fraction of sp³-hybridized carbons (Fsp3) is 0.273. The Balaban J connectivity index is 1.72. The molecular formula is C33H42N8O3. The zero-order valence-corrected chi connectivity index (χ0v) is 25.0. The molecule has 0 radical (unpaired) electrons. The highest BCUT2D eigenvalue weighted by Gasteiger charge is 2.27. The van der Waals surface area contributed by atoms with E-state index in [4.69, 9.17) is 11.5 Å². The molecule has 0 saturated carbocycles. The van der Waals surface area contributed by atoms with E-state index in [1.807, 2.05) is 84.9 Å². The third-order valence-corrected chi connectivity index (χ3v) is 6.68. The van der Waals surface area contributed by atoms with Crippen LogP contribution in [-0.2, 0) is 22.7 Å². The van der Waals surface area contributed by atoms with Crippen molar-refractivity contribution in [3.63, 3.8) is 0 Å². The van der Waals surface area contributed by atoms with Crippen molar-refractivity contribution >= 4 is 23.8 Å². The first-order chi connectivity index (χ1) is 21.3. The third kappa shape index (κ3) is 11.2. The first kappa shape index (κ1) is 33.2. The van der Waals surface area contributed by atoms with Crippen LogP contribution in [0.5, 0.6) is 0 Å². The smallest absolute Gasteiger partial charge is 0.321 e. The van der Waals surface area contributed by atoms with Crippen molar-refractivity contribution in [2.75, 3.05) is 13.1 Å². The molecule has 0 bridgehead atoms. The summed E-state index contributed by atoms with van der Waals surface area (Å²) in [5.41, 5.74) is 14.9. The maximum atomic E-state index is 13.8. The summed E-state index contributed by atoms with van der Waals surface area (Å²) in [6.45, 7) is 6.96. The van der Waals surface area contributed by atoms with E-state index in [2.05, 4.69) is 38.2 Å². The van der Waals surface area contributed by atoms with Crippen molar-refractivity contribution in [2.24, 2.45) is 16.5 Å². The summed E-state index contributed by atoms with van der Waals surface area (Å²) in [7, 11) is 0. The molecular weight excluding hydrogens is 556 g/mol. The first-order valence-electron chi connectivity index (χ1n) is 14.6. The van der Waals surface area contributed by atoms with Crippen LogP contribution in [0, 0.1) is 0 Å². The van der Waals surface area contributed by atoms with Crippen molar-refractivity contribution in [1.82, 2.24) is 26.6 Å². The van der Waals surface area contributed by atoms with Crippen LogP contribution in [-0.4, -0.2) is 42.9 Å². The molecule has 0 aliphatic heterocycles. The molecule has 11 nitrogen and oxygen atoms in total. The van der Waals surface area contributed by atoms with Gasteiger partial charge in [0.2, 0.25) is 11.8 Å². The maximum Gasteiger partial charge on any atom is 0.321 e. The number of nitrogens with one attached hydrogen (secondary N) is 5. The molecule has 4 amide bonds. The monoisotopic (exact) mass is 598 g/mol. The molecule has 0 aromatic heterocycles. The topological polar surface area (TPSA) is 176 Å². The van der Waals surface area contributed by atoms with Crippen LogP contribution >= 0.6 is 0 Å². The van der Waals surface area contributed by atoms with Gasteiger partial charge >= 0.3 is 6.03 Å². The molecule has 3 rings (SSSR count). The highest BCUT2D eigenvalue weighted by molar-refractivity contribution is 5.95. The van der Waals surface area contributed by atoms with E-state index >= 15 is 0 Å². The average molecular weight is 599 g/mol. The van der Waals surface area contributed by atoms with Crippen LogP contribution in [0.15, 0.2) is 102 Å². The number of carbonyl (C=O) groups is 3. The Morgan fingerprint density at radius 1 is 0.773 bits per heavy atom. The number of amides is 4. The van der Waals surface area contributed by atoms with E-state index in [-0.39, 0.29) is 30.9 Å². The van der Waals surface area contributed by atoms with Gasteiger partial charge in [-0.15, -0.1) is 0 Å². The molecule has 0 aliphatic rings. The lowest BCUT2D eigenvalue weighted by Gasteiger charge is -2.23. The fourth-order valence-corrected chi connectivity index (χ4v) is 4.47. The molecule has 11 heteroatoms. The number of nitrogens with two attached hydrogens (primary N) is 2. The molecule has 232 valence electrons. The van der Waals surface area contributed by atoms with Crippen LogP contribution in [0.25, 0.3) is 0 Å². The summed E-state index contributed by atoms with van der Waals surface area (Å²) in [5, 5.41) is 13.9. The number of urea groups is 1. The Morgan fingerprint density at radius 2 is 1.32 bits per heavy atom. The van der Waals surface area contributed by atoms with Gasteiger partial charge in [-0.2, -0.15) is 0 Å². The summed E-state index contributed by atoms with van der Waals surface area (Å²) >= 11 is 0. The van der Waals surface area contributed by atoms with Crippen LogP contribution in [0.2, 0.25) is 0 Å². The van der Waals surface area contributed by atoms with Crippen LogP contribution in [0.4, 0.5) is 4.79 Å². The lowest BCUT2D eigenvalue weighted by molar-refractivity contribution is -0.129. The van der Waals surface area contributed by atoms with E-state index in [1.165, 1.54) is 0 Å². The zero-order chi connectivity index (χ0) is 31.7. The average Bonchev–Trinajstić information content (AvgIpc) is 3.02. The Morgan fingerprint density at radius 3 is 1.84 bits per heavy atom. The minimum Gasteiger partial charge on any atom is -0.386 e. The van der Waals surface area contributed by atoms with Crippen molar-refractivity contribution in [3.05, 3.63) is 120 Å². The fourth-order valence-electron chi connectivity index (χ4n) is 4.47. The second-order valence-electron chi connectivity index (χ2n) is 10.1. The molecule has 0 aliphatic carbocycles. The minimum absolute atomic E-state index is 0.0244. The van der Waals surface area contributed by atoms with E-state index < -0.39 is 18.0 Å². The molecule has 1 atom stereocenters. The van der Waals surface area contributed by atoms with Gasteiger partial charge in [0.25, 0.3) is 0 Å². The van der Waals surface area contributed by atoms with Crippen molar-refractivity contribution < 1.29 is 14.4 Å². The van der Waals surface area contributed by atoms with Gasteiger partial charge in [0, 0.05) is 26.2 Å². The highest BCUT2D eigenvalue weighted by Crippen LogP contribution is 2.25. The molecule has 3 aromatic rings. The standard InChI is InChI=1S/C33H42N8O3/c1-3-36-33(44)41-32(35)37-20-10-15-28(30(42)39-22-25-18-16-24(17-19-25)21-38-23(2)34)40-31(43)29(26-11-6-4-7-12-26)27-13-8-5-9-14-27/h4-9,11-14,16-19,28-29,38H,2-3,10,15,20-22,34H2,1H3,(H,39,42)(H,40,43)(H4,35,36,37,41,44). The number of nitrogens with zero attached hydrogens (tertiary/aromatic N) is 1. The number of carbonyl (C=O) groups excluding carboxylic acids is 3. The van der Waals surface area contributed by atoms with Gasteiger partial charge in [0.1, 0.15) is 6.04 Å². The van der Waals surface area contributed by atoms with Crippen molar-refractivity contribution in [3.8, 4) is 0 Å². The summed E-state index contributed by atoms with van der Waals surface area (Å²) in [4.78, 5) is 43.1. The van der Waals surface area contributed by atoms with Gasteiger partial charge in [0.05, 0.1) is 11.7 Å². The van der Waals surface area contributed by atoms with Crippen LogP contribution in [0.1, 0.15) is 47.9 Å². The van der Waals surface area contributed by atoms with Crippen LogP contribution < -0.4 is 38.1 Å². The number of rotatable bonds is 15. The molecule has 0 saturated heterocycles. The van der Waals surface area contributed by atoms with E-state index in [1.54, 1.807) is 6.92 Å². The van der Waals surface area contributed by atoms with E-state index in [9.17, 15) is 14.4 Å². The predicted molar refractivity (Wildman–Crippen MR) is 173 cm³/mol. The van der Waals surface area contributed by atoms with Gasteiger partial charge in [-0.25, -0.2) is 4.79 Å². The molecule has 44 heavy (non-hydrogen) atoms. The second kappa shape index (κ2) is 17.6. The van der Waals surface area contributed by atoms with Gasteiger partial charge in [-0.1, -0.05) is 91.5 Å². The maximum absolute atomic E-state index is 13.8. The predicted octanol–water partition coefficient (Wildman–Crippen LogP) is 2.55. The number of guanidine groups is 1. The van der Waals surface area contributed by atoms with Gasteiger partial charge < -0.3 is 32.7 Å². The van der Waals surface area contributed by atoms with Crippen LogP contribution in [0.3, 0.4) is 0 Å². The molecule has 0 heterocycles. The van der Waals surface area contributed by atoms with Gasteiger partial charge in [-0.05, 0) is 42.0 Å². The first-order valence-corrected chi connectivity index (χ1v) is 14.6. The second-order valence-corrected chi connectivity index (χ2v) is 10.1. The van der Waals surface area contributed by atoms with Crippen molar-refractivity contribution in [1.29, 1.82) is 0 Å². The van der Waals surface area contributed by atoms with Crippen molar-refractivity contribution in [2.45, 2.75) is 44.8 Å². The Labute approximate surface area is 258 Å². The quantitative estimate of drug-likeness (QED) is 0.0804. The summed E-state index contributed by atoms with van der Waals surface area (Å²) in [5.74, 6) is -0.845. The summed E-state index contributed by atoms with van der Waals surface area (Å²) in [6.07, 6.45) is 0.741. The summed E-state index contributed by atoms with van der Waals surface area (Å²) in [6, 6.07) is 25.4. The number of benzene rings is 3. The summed E-state index contributed by atoms with van der Waals surface area (Å²) < 4.78 is 0. The Hall–Kier alpha value is -5.32. The largest absolute Gasteiger partial charge is 0.386 e. The van der Waals surface area contributed by atoms with Gasteiger partial charge in [0.15, 0.2) is 5.96 Å². The lowest BCUT2D eigenvalue weighted by Crippen LogP contribution is -2.48. The van der Waals surface area contributed by atoms with Gasteiger partial charge in [-0.3, -0.25) is 19.9 Å². The normalized spacial score (nSPS) is 11.7. The Bertz CT molecular complexity index is 1360. The lowest BCUT2D eigenvalue weighted by atomic mass is 9.90. The number of hydrogen-bond acceptors (Lipinski definition) is 6. The Kier molecular flexibility index (Phi) is 13.3.